The van der Waals surface area contributed by atoms with Gasteiger partial charge in [-0.3, -0.25) is 0 Å². The number of hydrogen-bond donors (Lipinski definition) is 0. The van der Waals surface area contributed by atoms with Crippen LogP contribution in [0.3, 0.4) is 0 Å². The Hall–Kier alpha value is -2.30. The number of para-hydroxylation sites is 1. The summed E-state index contributed by atoms with van der Waals surface area (Å²) in [6.45, 7) is 0. The van der Waals surface area contributed by atoms with Crippen LogP contribution in [0, 0.1) is 0 Å². The average molecular weight is 269 g/mol. The van der Waals surface area contributed by atoms with Crippen LogP contribution in [-0.2, 0) is 0 Å². The molecule has 5 rings (SSSR count). The van der Waals surface area contributed by atoms with E-state index in [2.05, 4.69) is 12.2 Å². The zero-order valence-corrected chi connectivity index (χ0v) is 11.0. The molecule has 0 fully saturated rings. The Morgan fingerprint density at radius 2 is 1.70 bits per heavy atom. The molecule has 0 saturated carbocycles. The first-order valence-electron chi connectivity index (χ1n) is 6.95. The fourth-order valence-corrected chi connectivity index (χ4v) is 3.30. The van der Waals surface area contributed by atoms with Crippen LogP contribution in [0.4, 0.5) is 0 Å². The number of aromatic nitrogens is 3. The Balaban J connectivity index is 2.04. The smallest absolute Gasteiger partial charge is 0.245 e. The molecule has 1 aliphatic carbocycles. The van der Waals surface area contributed by atoms with Crippen molar-refractivity contribution in [3.63, 3.8) is 0 Å². The second-order valence-corrected chi connectivity index (χ2v) is 5.39. The molecule has 1 aromatic heterocycles. The molecule has 0 unspecified atom stereocenters. The van der Waals surface area contributed by atoms with E-state index in [1.54, 1.807) is 21.5 Å². The van der Waals surface area contributed by atoms with Gasteiger partial charge in [-0.25, -0.2) is 23.5 Å². The number of allylic oxidation sites excluding steroid dienone is 2. The van der Waals surface area contributed by atoms with Crippen molar-refractivity contribution in [1.82, 2.24) is 13.9 Å². The van der Waals surface area contributed by atoms with Crippen molar-refractivity contribution in [1.29, 1.82) is 0 Å². The van der Waals surface area contributed by atoms with Crippen LogP contribution in [-0.4, -0.2) is 13.9 Å². The van der Waals surface area contributed by atoms with Crippen molar-refractivity contribution in [2.75, 3.05) is 0 Å². The van der Waals surface area contributed by atoms with E-state index in [0.29, 0.717) is 5.69 Å². The lowest BCUT2D eigenvalue weighted by molar-refractivity contribution is 0.257. The van der Waals surface area contributed by atoms with Crippen LogP contribution in [0.15, 0.2) is 52.1 Å². The highest BCUT2D eigenvalue weighted by Gasteiger charge is 2.32. The van der Waals surface area contributed by atoms with Crippen molar-refractivity contribution in [3.05, 3.63) is 63.5 Å². The first-order chi connectivity index (χ1) is 9.77. The summed E-state index contributed by atoms with van der Waals surface area (Å²) in [6.07, 6.45) is 6.86. The molecular weight excluding hydrogens is 254 g/mol. The van der Waals surface area contributed by atoms with Crippen LogP contribution >= 0.6 is 0 Å². The van der Waals surface area contributed by atoms with Gasteiger partial charge >= 0.3 is 11.4 Å². The Morgan fingerprint density at radius 1 is 0.950 bits per heavy atom. The molecule has 102 valence electrons. The SMILES string of the molecule is O=c1n(-c2ccccc2)c(=O)n2n1[C@@H]1CC=C[C@H]2CC1. The second-order valence-electron chi connectivity index (χ2n) is 5.39. The monoisotopic (exact) mass is 269 g/mol. The topological polar surface area (TPSA) is 48.9 Å². The predicted molar refractivity (Wildman–Crippen MR) is 75.4 cm³/mol. The van der Waals surface area contributed by atoms with Gasteiger partial charge in [-0.15, -0.1) is 0 Å². The maximum atomic E-state index is 12.7. The van der Waals surface area contributed by atoms with Crippen molar-refractivity contribution < 1.29 is 0 Å². The molecule has 0 amide bonds. The van der Waals surface area contributed by atoms with Gasteiger partial charge in [0.05, 0.1) is 17.8 Å². The summed E-state index contributed by atoms with van der Waals surface area (Å²) < 4.78 is 4.57. The quantitative estimate of drug-likeness (QED) is 0.739. The van der Waals surface area contributed by atoms with Gasteiger partial charge in [0.1, 0.15) is 0 Å². The molecule has 0 spiro atoms. The molecule has 0 radical (unpaired) electrons. The lowest BCUT2D eigenvalue weighted by Crippen LogP contribution is -2.35. The highest BCUT2D eigenvalue weighted by molar-refractivity contribution is 5.30. The average Bonchev–Trinajstić information content (AvgIpc) is 2.69. The molecular formula is C15H15N3O2. The number of nitrogens with zero attached hydrogens (tertiary/aromatic N) is 3. The summed E-state index contributed by atoms with van der Waals surface area (Å²) >= 11 is 0. The number of fused-ring (bicyclic) bond motifs is 2. The molecule has 20 heavy (non-hydrogen) atoms. The third-order valence-corrected chi connectivity index (χ3v) is 4.24. The molecule has 1 aromatic carbocycles. The van der Waals surface area contributed by atoms with E-state index < -0.39 is 0 Å². The zero-order valence-electron chi connectivity index (χ0n) is 11.0. The van der Waals surface area contributed by atoms with Gasteiger partial charge in [0.2, 0.25) is 0 Å². The van der Waals surface area contributed by atoms with Gasteiger partial charge in [-0.05, 0) is 31.4 Å². The molecule has 3 aliphatic rings. The molecule has 2 bridgehead atoms. The molecule has 0 saturated heterocycles. The van der Waals surface area contributed by atoms with Crippen LogP contribution in [0.1, 0.15) is 31.3 Å². The van der Waals surface area contributed by atoms with Gasteiger partial charge in [0.25, 0.3) is 0 Å². The Kier molecular flexibility index (Phi) is 2.36. The number of rotatable bonds is 1. The largest absolute Gasteiger partial charge is 0.352 e. The van der Waals surface area contributed by atoms with Crippen LogP contribution in [0.2, 0.25) is 0 Å². The maximum Gasteiger partial charge on any atom is 0.352 e. The fraction of sp³-hybridized carbons (Fsp3) is 0.333. The van der Waals surface area contributed by atoms with E-state index >= 15 is 0 Å². The van der Waals surface area contributed by atoms with Crippen LogP contribution in [0.5, 0.6) is 0 Å². The Labute approximate surface area is 115 Å². The van der Waals surface area contributed by atoms with E-state index in [9.17, 15) is 9.59 Å². The minimum absolute atomic E-state index is 0.0129. The van der Waals surface area contributed by atoms with Gasteiger partial charge in [-0.2, -0.15) is 0 Å². The summed E-state index contributed by atoms with van der Waals surface area (Å²) in [5, 5.41) is 0. The number of hydrogen-bond acceptors (Lipinski definition) is 2. The van der Waals surface area contributed by atoms with Gasteiger partial charge in [0, 0.05) is 0 Å². The molecule has 0 N–H and O–H groups in total. The summed E-state index contributed by atoms with van der Waals surface area (Å²) in [6, 6.07) is 9.25. The lowest BCUT2D eigenvalue weighted by atomic mass is 10.1. The normalized spacial score (nSPS) is 23.6. The summed E-state index contributed by atoms with van der Waals surface area (Å²) in [5.41, 5.74) is 0.181. The minimum atomic E-state index is -0.234. The molecule has 2 aliphatic heterocycles. The lowest BCUT2D eigenvalue weighted by Gasteiger charge is -2.26. The molecule has 3 heterocycles. The molecule has 2 atom stereocenters. The second kappa shape index (κ2) is 4.10. The van der Waals surface area contributed by atoms with Crippen molar-refractivity contribution in [2.45, 2.75) is 31.3 Å². The maximum absolute atomic E-state index is 12.7. The van der Waals surface area contributed by atoms with E-state index in [0.717, 1.165) is 19.3 Å². The summed E-state index contributed by atoms with van der Waals surface area (Å²) in [4.78, 5) is 25.3. The first-order valence-corrected chi connectivity index (χ1v) is 6.95. The highest BCUT2D eigenvalue weighted by atomic mass is 16.2. The van der Waals surface area contributed by atoms with Crippen LogP contribution in [0.25, 0.3) is 5.69 Å². The van der Waals surface area contributed by atoms with E-state index in [4.69, 9.17) is 0 Å². The summed E-state index contributed by atoms with van der Waals surface area (Å²) in [7, 11) is 0. The van der Waals surface area contributed by atoms with Crippen molar-refractivity contribution >= 4 is 0 Å². The zero-order chi connectivity index (χ0) is 13.7. The molecule has 5 nitrogen and oxygen atoms in total. The van der Waals surface area contributed by atoms with Crippen molar-refractivity contribution in [2.24, 2.45) is 0 Å². The first kappa shape index (κ1) is 11.5. The van der Waals surface area contributed by atoms with Crippen LogP contribution < -0.4 is 11.4 Å². The van der Waals surface area contributed by atoms with Gasteiger partial charge in [0.15, 0.2) is 0 Å². The van der Waals surface area contributed by atoms with E-state index in [-0.39, 0.29) is 23.5 Å². The van der Waals surface area contributed by atoms with Gasteiger partial charge in [-0.1, -0.05) is 30.4 Å². The van der Waals surface area contributed by atoms with E-state index in [1.807, 2.05) is 18.2 Å². The fourth-order valence-electron chi connectivity index (χ4n) is 3.30. The summed E-state index contributed by atoms with van der Waals surface area (Å²) in [5.74, 6) is 0. The predicted octanol–water partition coefficient (Wildman–Crippen LogP) is 1.64. The third kappa shape index (κ3) is 1.43. The third-order valence-electron chi connectivity index (χ3n) is 4.24. The standard InChI is InChI=1S/C15H15N3O2/c19-14-16(11-5-2-1-3-6-11)15(20)18-13-8-4-7-12(9-10-13)17(14)18/h1-7,12-13H,8-10H2/t12-,13+/m0/s1. The minimum Gasteiger partial charge on any atom is -0.245 e. The Morgan fingerprint density at radius 3 is 2.50 bits per heavy atom. The Bertz CT molecular complexity index is 795. The molecule has 2 aromatic rings. The van der Waals surface area contributed by atoms with Crippen molar-refractivity contribution in [3.8, 4) is 5.69 Å². The van der Waals surface area contributed by atoms with E-state index in [1.165, 1.54) is 4.57 Å². The molecule has 5 heteroatoms. The van der Waals surface area contributed by atoms with Gasteiger partial charge < -0.3 is 0 Å². The number of benzene rings is 1. The highest BCUT2D eigenvalue weighted by Crippen LogP contribution is 2.32.